The number of nitrogens with two attached hydrogens (primary N) is 2. The van der Waals surface area contributed by atoms with Gasteiger partial charge in [-0.3, -0.25) is 43.2 Å². The van der Waals surface area contributed by atoms with E-state index < -0.39 is 109 Å². The lowest BCUT2D eigenvalue weighted by molar-refractivity contribution is -0.148. The predicted molar refractivity (Wildman–Crippen MR) is 198 cm³/mol. The number of likely N-dealkylation sites (tertiary alicyclic amines) is 2. The molecule has 2 aliphatic rings. The van der Waals surface area contributed by atoms with E-state index in [2.05, 4.69) is 26.6 Å². The van der Waals surface area contributed by atoms with Gasteiger partial charge in [0.25, 0.3) is 0 Å². The second kappa shape index (κ2) is 21.8. The fourth-order valence-electron chi connectivity index (χ4n) is 6.65. The number of hydrogen-bond donors (Lipinski definition) is 9. The third-order valence-electron chi connectivity index (χ3n) is 9.48. The predicted octanol–water partition coefficient (Wildman–Crippen LogP) is -4.11. The van der Waals surface area contributed by atoms with Gasteiger partial charge in [-0.15, -0.1) is 0 Å². The Labute approximate surface area is 328 Å². The van der Waals surface area contributed by atoms with Crippen LogP contribution in [0.5, 0.6) is 0 Å². The van der Waals surface area contributed by atoms with Gasteiger partial charge < -0.3 is 58.1 Å². The Morgan fingerprint density at radius 3 is 1.91 bits per heavy atom. The third-order valence-corrected chi connectivity index (χ3v) is 9.48. The van der Waals surface area contributed by atoms with E-state index in [1.165, 1.54) is 9.80 Å². The van der Waals surface area contributed by atoms with Gasteiger partial charge in [-0.05, 0) is 44.1 Å². The number of carbonyl (C=O) groups excluding carboxylic acids is 9. The van der Waals surface area contributed by atoms with Crippen molar-refractivity contribution in [1.29, 1.82) is 0 Å². The number of benzene rings is 1. The molecular formula is C36H51N9O12. The zero-order valence-corrected chi connectivity index (χ0v) is 31.6. The van der Waals surface area contributed by atoms with E-state index in [1.807, 2.05) is 0 Å². The van der Waals surface area contributed by atoms with E-state index in [1.54, 1.807) is 30.3 Å². The highest BCUT2D eigenvalue weighted by Gasteiger charge is 2.44. The maximum atomic E-state index is 14.0. The molecule has 21 nitrogen and oxygen atoms in total. The van der Waals surface area contributed by atoms with Gasteiger partial charge in [0.2, 0.25) is 53.2 Å². The summed E-state index contributed by atoms with van der Waals surface area (Å²) >= 11 is 0. The van der Waals surface area contributed by atoms with Crippen LogP contribution in [0.2, 0.25) is 0 Å². The molecule has 312 valence electrons. The molecule has 3 rings (SSSR count). The molecule has 1 aromatic carbocycles. The average molecular weight is 802 g/mol. The minimum atomic E-state index is -1.43. The Morgan fingerprint density at radius 2 is 1.33 bits per heavy atom. The fourth-order valence-corrected chi connectivity index (χ4v) is 6.65. The quantitative estimate of drug-likeness (QED) is 0.0573. The van der Waals surface area contributed by atoms with Crippen LogP contribution in [0.15, 0.2) is 30.3 Å². The Balaban J connectivity index is 1.69. The van der Waals surface area contributed by atoms with E-state index in [-0.39, 0.29) is 58.0 Å². The molecule has 57 heavy (non-hydrogen) atoms. The molecule has 1 aromatic rings. The van der Waals surface area contributed by atoms with Gasteiger partial charge in [0.1, 0.15) is 36.3 Å². The molecule has 0 aliphatic carbocycles. The molecule has 2 heterocycles. The molecule has 0 unspecified atom stereocenters. The molecule has 2 saturated heterocycles. The first-order valence-corrected chi connectivity index (χ1v) is 18.5. The molecule has 0 bridgehead atoms. The minimum absolute atomic E-state index is 0.0208. The third kappa shape index (κ3) is 13.8. The van der Waals surface area contributed by atoms with Crippen molar-refractivity contribution in [3.8, 4) is 0 Å². The van der Waals surface area contributed by atoms with Gasteiger partial charge in [0, 0.05) is 39.3 Å². The van der Waals surface area contributed by atoms with Crippen molar-refractivity contribution < 1.29 is 58.2 Å². The highest BCUT2D eigenvalue weighted by atomic mass is 16.4. The Hall–Kier alpha value is -6.12. The topological polar surface area (TPSA) is 330 Å². The molecule has 0 radical (unpaired) electrons. The maximum absolute atomic E-state index is 14.0. The number of aliphatic hydroxyl groups is 1. The minimum Gasteiger partial charge on any atom is -0.480 e. The lowest BCUT2D eigenvalue weighted by atomic mass is 10.0. The first-order chi connectivity index (χ1) is 27.0. The summed E-state index contributed by atoms with van der Waals surface area (Å²) in [6.45, 7) is -0.161. The number of hydrogen-bond acceptors (Lipinski definition) is 11. The zero-order chi connectivity index (χ0) is 42.2. The second-order valence-corrected chi connectivity index (χ2v) is 13.8. The van der Waals surface area contributed by atoms with Gasteiger partial charge in [-0.2, -0.15) is 0 Å². The Morgan fingerprint density at radius 1 is 0.737 bits per heavy atom. The number of amides is 9. The van der Waals surface area contributed by atoms with Gasteiger partial charge >= 0.3 is 5.97 Å². The monoisotopic (exact) mass is 801 g/mol. The normalized spacial score (nSPS) is 18.3. The molecule has 2 fully saturated rings. The van der Waals surface area contributed by atoms with Crippen LogP contribution < -0.4 is 38.1 Å². The molecule has 9 amide bonds. The van der Waals surface area contributed by atoms with Crippen molar-refractivity contribution in [2.24, 2.45) is 11.5 Å². The summed E-state index contributed by atoms with van der Waals surface area (Å²) in [6.07, 6.45) is 0.114. The number of primary amides is 2. The van der Waals surface area contributed by atoms with Crippen molar-refractivity contribution in [2.75, 3.05) is 26.2 Å². The SMILES string of the molecule is CC(=O)N[C@@H](CO)C(=O)N[C@@H](CCC(N)=O)C(=O)NCC(=O)N[C@@H](CCC(N)=O)C(=O)N1CCC[C@H]1C(=O)N1CCC[C@H]1C(=O)N[C@@H](Cc1ccccc1)C(=O)O. The maximum Gasteiger partial charge on any atom is 0.326 e. The summed E-state index contributed by atoms with van der Waals surface area (Å²) in [5, 5.41) is 31.0. The van der Waals surface area contributed by atoms with Crippen LogP contribution in [0.25, 0.3) is 0 Å². The average Bonchev–Trinajstić information content (AvgIpc) is 3.86. The molecular weight excluding hydrogens is 750 g/mol. The summed E-state index contributed by atoms with van der Waals surface area (Å²) in [4.78, 5) is 129. The van der Waals surface area contributed by atoms with Gasteiger partial charge in [0.05, 0.1) is 13.2 Å². The Bertz CT molecular complexity index is 1680. The number of nitrogens with one attached hydrogen (secondary N) is 5. The molecule has 11 N–H and O–H groups in total. The van der Waals surface area contributed by atoms with Crippen LogP contribution in [-0.2, 0) is 54.4 Å². The smallest absolute Gasteiger partial charge is 0.326 e. The van der Waals surface area contributed by atoms with E-state index in [4.69, 9.17) is 11.5 Å². The molecule has 2 aliphatic heterocycles. The fraction of sp³-hybridized carbons (Fsp3) is 0.556. The highest BCUT2D eigenvalue weighted by Crippen LogP contribution is 2.26. The van der Waals surface area contributed by atoms with Crippen molar-refractivity contribution in [1.82, 2.24) is 36.4 Å². The number of aliphatic hydroxyl groups excluding tert-OH is 1. The summed E-state index contributed by atoms with van der Waals surface area (Å²) < 4.78 is 0. The second-order valence-electron chi connectivity index (χ2n) is 13.8. The largest absolute Gasteiger partial charge is 0.480 e. The molecule has 6 atom stereocenters. The standard InChI is InChI=1S/C36H51N9O12/c1-20(47)40-25(19-46)32(52)42-22(11-13-28(37)48)31(51)39-18-30(50)41-23(12-14-29(38)49)34(54)45-16-6-10-27(45)35(55)44-15-5-9-26(44)33(53)43-24(36(56)57)17-21-7-3-2-4-8-21/h2-4,7-8,22-27,46H,5-6,9-19H2,1H3,(H2,37,48)(H2,38,49)(H,39,51)(H,40,47)(H,41,50)(H,42,52)(H,43,53)(H,56,57)/t22-,23-,24-,25-,26-,27-/m0/s1. The highest BCUT2D eigenvalue weighted by molar-refractivity contribution is 5.97. The van der Waals surface area contributed by atoms with E-state index in [9.17, 15) is 58.2 Å². The molecule has 0 aromatic heterocycles. The lowest BCUT2D eigenvalue weighted by Crippen LogP contribution is -2.58. The lowest BCUT2D eigenvalue weighted by Gasteiger charge is -2.33. The number of carboxylic acid groups (broad SMARTS) is 1. The molecule has 0 spiro atoms. The van der Waals surface area contributed by atoms with E-state index in [0.29, 0.717) is 18.4 Å². The summed E-state index contributed by atoms with van der Waals surface area (Å²) in [5.74, 6) is -8.18. The summed E-state index contributed by atoms with van der Waals surface area (Å²) in [5.41, 5.74) is 11.2. The van der Waals surface area contributed by atoms with Crippen LogP contribution >= 0.6 is 0 Å². The number of carbonyl (C=O) groups is 10. The van der Waals surface area contributed by atoms with E-state index in [0.717, 1.165) is 6.92 Å². The van der Waals surface area contributed by atoms with Crippen LogP contribution in [0.3, 0.4) is 0 Å². The number of rotatable bonds is 21. The van der Waals surface area contributed by atoms with E-state index >= 15 is 0 Å². The van der Waals surface area contributed by atoms with Crippen molar-refractivity contribution in [2.45, 2.75) is 101 Å². The zero-order valence-electron chi connectivity index (χ0n) is 31.6. The van der Waals surface area contributed by atoms with Gasteiger partial charge in [-0.25, -0.2) is 4.79 Å². The molecule has 21 heteroatoms. The van der Waals surface area contributed by atoms with Crippen molar-refractivity contribution >= 4 is 59.1 Å². The summed E-state index contributed by atoms with van der Waals surface area (Å²) in [7, 11) is 0. The first kappa shape index (κ1) is 45.3. The summed E-state index contributed by atoms with van der Waals surface area (Å²) in [6, 6.07) is 1.21. The van der Waals surface area contributed by atoms with Crippen molar-refractivity contribution in [3.05, 3.63) is 35.9 Å². The van der Waals surface area contributed by atoms with Crippen molar-refractivity contribution in [3.63, 3.8) is 0 Å². The first-order valence-electron chi connectivity index (χ1n) is 18.5. The van der Waals surface area contributed by atoms with Crippen LogP contribution in [0, 0.1) is 0 Å². The van der Waals surface area contributed by atoms with Crippen LogP contribution in [-0.4, -0.2) is 142 Å². The van der Waals surface area contributed by atoms with Crippen LogP contribution in [0.4, 0.5) is 0 Å². The Kier molecular flexibility index (Phi) is 17.3. The van der Waals surface area contributed by atoms with Gasteiger partial charge in [0.15, 0.2) is 0 Å². The number of nitrogens with zero attached hydrogens (tertiary/aromatic N) is 2. The number of aliphatic carboxylic acids is 1. The number of carboxylic acids is 1. The van der Waals surface area contributed by atoms with Gasteiger partial charge in [-0.1, -0.05) is 30.3 Å². The molecule has 0 saturated carbocycles. The van der Waals surface area contributed by atoms with Crippen LogP contribution in [0.1, 0.15) is 63.9 Å².